The zero-order valence-corrected chi connectivity index (χ0v) is 16.0. The fraction of sp³-hybridized carbons (Fsp3) is 0.529. The SMILES string of the molecule is CN1CC(C(=O)Nc2sc3c(c2C(N)=O)CC(C)(C)OC3(C)C)=CN1. The molecule has 0 radical (unpaired) electrons. The van der Waals surface area contributed by atoms with Crippen LogP contribution in [0.2, 0.25) is 0 Å². The van der Waals surface area contributed by atoms with Gasteiger partial charge in [0.05, 0.1) is 22.3 Å². The molecule has 0 bridgehead atoms. The highest BCUT2D eigenvalue weighted by atomic mass is 32.1. The van der Waals surface area contributed by atoms with Crippen molar-refractivity contribution in [1.82, 2.24) is 10.4 Å². The topological polar surface area (TPSA) is 96.7 Å². The van der Waals surface area contributed by atoms with Gasteiger partial charge in [0.25, 0.3) is 11.8 Å². The van der Waals surface area contributed by atoms with Gasteiger partial charge in [-0.1, -0.05) is 0 Å². The number of carbonyl (C=O) groups is 2. The zero-order chi connectivity index (χ0) is 18.6. The fourth-order valence-corrected chi connectivity index (χ4v) is 4.78. The smallest absolute Gasteiger partial charge is 0.255 e. The summed E-state index contributed by atoms with van der Waals surface area (Å²) in [6.45, 7) is 8.41. The second kappa shape index (κ2) is 5.82. The van der Waals surface area contributed by atoms with Crippen LogP contribution in [-0.4, -0.2) is 36.0 Å². The summed E-state index contributed by atoms with van der Waals surface area (Å²) < 4.78 is 6.17. The predicted molar refractivity (Wildman–Crippen MR) is 97.2 cm³/mol. The maximum absolute atomic E-state index is 12.5. The van der Waals surface area contributed by atoms with E-state index in [9.17, 15) is 9.59 Å². The highest BCUT2D eigenvalue weighted by Crippen LogP contribution is 2.48. The maximum Gasteiger partial charge on any atom is 0.255 e. The van der Waals surface area contributed by atoms with E-state index in [1.807, 2.05) is 34.7 Å². The van der Waals surface area contributed by atoms with E-state index in [2.05, 4.69) is 10.7 Å². The molecule has 1 aromatic heterocycles. The summed E-state index contributed by atoms with van der Waals surface area (Å²) in [6.07, 6.45) is 2.23. The van der Waals surface area contributed by atoms with E-state index < -0.39 is 17.1 Å². The average Bonchev–Trinajstić information content (AvgIpc) is 3.01. The average molecular weight is 364 g/mol. The van der Waals surface area contributed by atoms with Crippen molar-refractivity contribution >= 4 is 28.2 Å². The number of ether oxygens (including phenoxy) is 1. The molecule has 0 saturated carbocycles. The first-order valence-electron chi connectivity index (χ1n) is 8.14. The van der Waals surface area contributed by atoms with E-state index in [-0.39, 0.29) is 5.91 Å². The minimum Gasteiger partial charge on any atom is -0.365 e. The van der Waals surface area contributed by atoms with Crippen molar-refractivity contribution in [2.45, 2.75) is 45.3 Å². The highest BCUT2D eigenvalue weighted by molar-refractivity contribution is 7.17. The monoisotopic (exact) mass is 364 g/mol. The molecule has 0 atom stereocenters. The van der Waals surface area contributed by atoms with Crippen molar-refractivity contribution in [1.29, 1.82) is 0 Å². The van der Waals surface area contributed by atoms with Crippen molar-refractivity contribution in [3.8, 4) is 0 Å². The molecule has 0 aliphatic carbocycles. The standard InChI is InChI=1S/C17H24N4O3S/c1-16(2)6-10-11(13(18)22)15(25-12(10)17(3,4)24-16)20-14(23)9-7-19-21(5)8-9/h7,19H,6,8H2,1-5H3,(H2,18,22)(H,20,23). The van der Waals surface area contributed by atoms with Gasteiger partial charge in [-0.15, -0.1) is 11.3 Å². The number of nitrogens with zero attached hydrogens (tertiary/aromatic N) is 1. The number of hydrogen-bond acceptors (Lipinski definition) is 6. The molecule has 3 rings (SSSR count). The van der Waals surface area contributed by atoms with Crippen LogP contribution in [0.15, 0.2) is 11.8 Å². The van der Waals surface area contributed by atoms with Crippen LogP contribution in [0.5, 0.6) is 0 Å². The quantitative estimate of drug-likeness (QED) is 0.759. The normalized spacial score (nSPS) is 21.2. The molecule has 0 fully saturated rings. The lowest BCUT2D eigenvalue weighted by molar-refractivity contribution is -0.135. The first-order valence-corrected chi connectivity index (χ1v) is 8.95. The van der Waals surface area contributed by atoms with Crippen molar-refractivity contribution in [3.63, 3.8) is 0 Å². The Hall–Kier alpha value is -1.90. The van der Waals surface area contributed by atoms with Gasteiger partial charge in [-0.2, -0.15) is 0 Å². The van der Waals surface area contributed by atoms with Gasteiger partial charge in [0.2, 0.25) is 0 Å². The number of fused-ring (bicyclic) bond motifs is 1. The number of thiophene rings is 1. The molecule has 0 spiro atoms. The molecule has 0 saturated heterocycles. The lowest BCUT2D eigenvalue weighted by Crippen LogP contribution is -2.42. The summed E-state index contributed by atoms with van der Waals surface area (Å²) in [6, 6.07) is 0. The van der Waals surface area contributed by atoms with Gasteiger partial charge in [0, 0.05) is 31.1 Å². The van der Waals surface area contributed by atoms with Gasteiger partial charge in [-0.3, -0.25) is 9.59 Å². The Labute approximate surface area is 151 Å². The zero-order valence-electron chi connectivity index (χ0n) is 15.1. The number of nitrogens with one attached hydrogen (secondary N) is 2. The maximum atomic E-state index is 12.5. The number of anilines is 1. The molecule has 25 heavy (non-hydrogen) atoms. The van der Waals surface area contributed by atoms with Gasteiger partial charge in [-0.25, -0.2) is 5.01 Å². The Balaban J connectivity index is 2.00. The molecule has 4 N–H and O–H groups in total. The minimum atomic E-state index is -0.552. The van der Waals surface area contributed by atoms with Crippen LogP contribution in [0.3, 0.4) is 0 Å². The number of amides is 2. The van der Waals surface area contributed by atoms with E-state index >= 15 is 0 Å². The Morgan fingerprint density at radius 1 is 1.36 bits per heavy atom. The fourth-order valence-electron chi connectivity index (χ4n) is 3.52. The lowest BCUT2D eigenvalue weighted by Gasteiger charge is -2.41. The molecule has 8 heteroatoms. The molecule has 3 heterocycles. The molecule has 0 unspecified atom stereocenters. The number of carbonyl (C=O) groups excluding carboxylic acids is 2. The van der Waals surface area contributed by atoms with Gasteiger partial charge in [-0.05, 0) is 33.3 Å². The van der Waals surface area contributed by atoms with E-state index in [1.54, 1.807) is 11.2 Å². The number of hydrogen-bond donors (Lipinski definition) is 3. The Bertz CT molecular complexity index is 779. The molecule has 7 nitrogen and oxygen atoms in total. The predicted octanol–water partition coefficient (Wildman–Crippen LogP) is 1.71. The van der Waals surface area contributed by atoms with Crippen molar-refractivity contribution < 1.29 is 14.3 Å². The summed E-state index contributed by atoms with van der Waals surface area (Å²) in [5, 5.41) is 5.15. The van der Waals surface area contributed by atoms with Crippen LogP contribution in [-0.2, 0) is 21.6 Å². The first-order chi connectivity index (χ1) is 11.5. The van der Waals surface area contributed by atoms with E-state index in [4.69, 9.17) is 10.5 Å². The van der Waals surface area contributed by atoms with Crippen LogP contribution in [0.1, 0.15) is 48.5 Å². The van der Waals surface area contributed by atoms with Crippen molar-refractivity contribution in [3.05, 3.63) is 27.8 Å². The molecule has 136 valence electrons. The second-order valence-electron chi connectivity index (χ2n) is 7.64. The third-order valence-electron chi connectivity index (χ3n) is 4.32. The second-order valence-corrected chi connectivity index (χ2v) is 8.66. The number of hydrazine groups is 1. The molecule has 2 amide bonds. The largest absolute Gasteiger partial charge is 0.365 e. The summed E-state index contributed by atoms with van der Waals surface area (Å²) in [5.74, 6) is -0.770. The lowest BCUT2D eigenvalue weighted by atomic mass is 9.86. The summed E-state index contributed by atoms with van der Waals surface area (Å²) in [4.78, 5) is 25.6. The van der Waals surface area contributed by atoms with Crippen LogP contribution in [0, 0.1) is 0 Å². The van der Waals surface area contributed by atoms with Crippen molar-refractivity contribution in [2.75, 3.05) is 18.9 Å². The molecular weight excluding hydrogens is 340 g/mol. The molecule has 2 aliphatic rings. The summed E-state index contributed by atoms with van der Waals surface area (Å²) in [5.41, 5.74) is 9.51. The summed E-state index contributed by atoms with van der Waals surface area (Å²) in [7, 11) is 1.84. The Morgan fingerprint density at radius 2 is 2.04 bits per heavy atom. The molecular formula is C17H24N4O3S. The number of nitrogens with two attached hydrogens (primary N) is 1. The Kier molecular flexibility index (Phi) is 4.17. The first kappa shape index (κ1) is 17.9. The van der Waals surface area contributed by atoms with Crippen LogP contribution < -0.4 is 16.5 Å². The number of primary amides is 1. The molecule has 0 aromatic carbocycles. The van der Waals surface area contributed by atoms with Gasteiger partial charge in [0.1, 0.15) is 5.00 Å². The number of likely N-dealkylation sites (N-methyl/N-ethyl adjacent to an activating group) is 1. The minimum absolute atomic E-state index is 0.240. The van der Waals surface area contributed by atoms with Gasteiger partial charge in [0.15, 0.2) is 0 Å². The third kappa shape index (κ3) is 3.29. The van der Waals surface area contributed by atoms with Gasteiger partial charge < -0.3 is 21.2 Å². The van der Waals surface area contributed by atoms with Crippen molar-refractivity contribution in [2.24, 2.45) is 5.73 Å². The Morgan fingerprint density at radius 3 is 2.60 bits per heavy atom. The van der Waals surface area contributed by atoms with E-state index in [0.29, 0.717) is 29.1 Å². The molecule has 1 aromatic rings. The molecule has 2 aliphatic heterocycles. The highest BCUT2D eigenvalue weighted by Gasteiger charge is 2.43. The van der Waals surface area contributed by atoms with E-state index in [0.717, 1.165) is 10.4 Å². The number of rotatable bonds is 3. The third-order valence-corrected chi connectivity index (χ3v) is 5.77. The van der Waals surface area contributed by atoms with E-state index in [1.165, 1.54) is 11.3 Å². The van der Waals surface area contributed by atoms with Crippen LogP contribution >= 0.6 is 11.3 Å². The van der Waals surface area contributed by atoms with Crippen LogP contribution in [0.4, 0.5) is 5.00 Å². The van der Waals surface area contributed by atoms with Gasteiger partial charge >= 0.3 is 0 Å². The summed E-state index contributed by atoms with van der Waals surface area (Å²) >= 11 is 1.37. The van der Waals surface area contributed by atoms with Crippen LogP contribution in [0.25, 0.3) is 0 Å².